The van der Waals surface area contributed by atoms with Crippen LogP contribution in [-0.4, -0.2) is 40.3 Å². The Morgan fingerprint density at radius 3 is 2.80 bits per heavy atom. The van der Waals surface area contributed by atoms with Gasteiger partial charge in [0, 0.05) is 5.38 Å². The van der Waals surface area contributed by atoms with Crippen LogP contribution in [0.4, 0.5) is 0 Å². The molecule has 2 rings (SSSR count). The van der Waals surface area contributed by atoms with Gasteiger partial charge in [-0.15, -0.1) is 5.10 Å². The van der Waals surface area contributed by atoms with Gasteiger partial charge in [0.1, 0.15) is 11.7 Å². The Kier molecular flexibility index (Phi) is 5.19. The number of methoxy groups -OCH3 is 2. The Balaban J connectivity index is 2.37. The van der Waals surface area contributed by atoms with Crippen LogP contribution in [0.25, 0.3) is 0 Å². The average Bonchev–Trinajstić information content (AvgIpc) is 3.02. The van der Waals surface area contributed by atoms with Crippen molar-refractivity contribution >= 4 is 11.5 Å². The first-order chi connectivity index (χ1) is 9.80. The summed E-state index contributed by atoms with van der Waals surface area (Å²) in [7, 11) is 3.10. The second kappa shape index (κ2) is 7.11. The van der Waals surface area contributed by atoms with Crippen molar-refractivity contribution in [3.05, 3.63) is 23.0 Å². The van der Waals surface area contributed by atoms with Crippen molar-refractivity contribution in [2.75, 3.05) is 20.8 Å². The van der Waals surface area contributed by atoms with Crippen LogP contribution in [0, 0.1) is 0 Å². The SMILES string of the molecule is CCCNC(c1csnn1)c1ncc(OC)nc1OC. The number of aromatic nitrogens is 4. The number of rotatable bonds is 7. The molecule has 0 radical (unpaired) electrons. The molecular weight excluding hydrogens is 278 g/mol. The number of ether oxygens (including phenoxy) is 2. The lowest BCUT2D eigenvalue weighted by Crippen LogP contribution is -2.25. The summed E-state index contributed by atoms with van der Waals surface area (Å²) < 4.78 is 14.3. The Labute approximate surface area is 121 Å². The lowest BCUT2D eigenvalue weighted by molar-refractivity contribution is 0.352. The van der Waals surface area contributed by atoms with Crippen LogP contribution >= 0.6 is 11.5 Å². The quantitative estimate of drug-likeness (QED) is 0.827. The fourth-order valence-electron chi connectivity index (χ4n) is 1.74. The maximum Gasteiger partial charge on any atom is 0.240 e. The molecule has 0 amide bonds. The molecule has 7 nitrogen and oxygen atoms in total. The molecular formula is C12H17N5O2S. The van der Waals surface area contributed by atoms with Gasteiger partial charge in [0.25, 0.3) is 0 Å². The smallest absolute Gasteiger partial charge is 0.240 e. The van der Waals surface area contributed by atoms with E-state index in [0.717, 1.165) is 18.7 Å². The topological polar surface area (TPSA) is 82.1 Å². The van der Waals surface area contributed by atoms with Crippen molar-refractivity contribution < 1.29 is 9.47 Å². The summed E-state index contributed by atoms with van der Waals surface area (Å²) in [5.41, 5.74) is 1.48. The Morgan fingerprint density at radius 1 is 1.35 bits per heavy atom. The average molecular weight is 295 g/mol. The normalized spacial score (nSPS) is 12.2. The van der Waals surface area contributed by atoms with Crippen LogP contribution in [0.3, 0.4) is 0 Å². The molecule has 2 aromatic heterocycles. The second-order valence-corrected chi connectivity index (χ2v) is 4.63. The van der Waals surface area contributed by atoms with E-state index in [-0.39, 0.29) is 6.04 Å². The van der Waals surface area contributed by atoms with Gasteiger partial charge in [-0.1, -0.05) is 11.4 Å². The summed E-state index contributed by atoms with van der Waals surface area (Å²) in [6.07, 6.45) is 2.57. The van der Waals surface area contributed by atoms with E-state index in [0.29, 0.717) is 17.5 Å². The van der Waals surface area contributed by atoms with Gasteiger partial charge in [0.05, 0.1) is 26.1 Å². The summed E-state index contributed by atoms with van der Waals surface area (Å²) in [4.78, 5) is 8.65. The first kappa shape index (κ1) is 14.6. The zero-order chi connectivity index (χ0) is 14.4. The molecule has 2 aromatic rings. The molecule has 1 unspecified atom stereocenters. The molecule has 0 aliphatic carbocycles. The summed E-state index contributed by atoms with van der Waals surface area (Å²) in [5.74, 6) is 0.835. The minimum absolute atomic E-state index is 0.193. The van der Waals surface area contributed by atoms with Gasteiger partial charge in [0.15, 0.2) is 0 Å². The van der Waals surface area contributed by atoms with Crippen LogP contribution < -0.4 is 14.8 Å². The van der Waals surface area contributed by atoms with Gasteiger partial charge in [0.2, 0.25) is 11.8 Å². The Morgan fingerprint density at radius 2 is 2.20 bits per heavy atom. The summed E-state index contributed by atoms with van der Waals surface area (Å²) in [5, 5.41) is 9.38. The molecule has 2 heterocycles. The lowest BCUT2D eigenvalue weighted by atomic mass is 10.1. The number of hydrogen-bond donors (Lipinski definition) is 1. The van der Waals surface area contributed by atoms with Crippen LogP contribution in [-0.2, 0) is 0 Å². The molecule has 0 spiro atoms. The van der Waals surface area contributed by atoms with Crippen molar-refractivity contribution in [3.63, 3.8) is 0 Å². The third-order valence-electron chi connectivity index (χ3n) is 2.69. The van der Waals surface area contributed by atoms with E-state index in [1.807, 2.05) is 5.38 Å². The highest BCUT2D eigenvalue weighted by Crippen LogP contribution is 2.27. The minimum Gasteiger partial charge on any atom is -0.480 e. The van der Waals surface area contributed by atoms with E-state index in [4.69, 9.17) is 9.47 Å². The van der Waals surface area contributed by atoms with Crippen LogP contribution in [0.2, 0.25) is 0 Å². The summed E-state index contributed by atoms with van der Waals surface area (Å²) >= 11 is 1.30. The van der Waals surface area contributed by atoms with Crippen molar-refractivity contribution in [3.8, 4) is 11.8 Å². The van der Waals surface area contributed by atoms with E-state index in [1.54, 1.807) is 20.4 Å². The summed E-state index contributed by atoms with van der Waals surface area (Å²) in [6.45, 7) is 2.93. The maximum atomic E-state index is 5.31. The lowest BCUT2D eigenvalue weighted by Gasteiger charge is -2.17. The highest BCUT2D eigenvalue weighted by molar-refractivity contribution is 7.03. The van der Waals surface area contributed by atoms with E-state index in [1.165, 1.54) is 11.5 Å². The monoisotopic (exact) mass is 295 g/mol. The van der Waals surface area contributed by atoms with Crippen molar-refractivity contribution in [1.82, 2.24) is 24.9 Å². The molecule has 0 aliphatic heterocycles. The fraction of sp³-hybridized carbons (Fsp3) is 0.500. The maximum absolute atomic E-state index is 5.31. The summed E-state index contributed by atoms with van der Waals surface area (Å²) in [6, 6.07) is -0.193. The van der Waals surface area contributed by atoms with E-state index in [9.17, 15) is 0 Å². The zero-order valence-corrected chi connectivity index (χ0v) is 12.5. The first-order valence-corrected chi connectivity index (χ1v) is 7.09. The van der Waals surface area contributed by atoms with Gasteiger partial charge in [-0.05, 0) is 24.5 Å². The molecule has 20 heavy (non-hydrogen) atoms. The standard InChI is InChI=1S/C12H17N5O2S/c1-4-5-13-10(8-7-20-17-16-8)11-12(19-3)15-9(18-2)6-14-11/h6-7,10,13H,4-5H2,1-3H3. The van der Waals surface area contributed by atoms with Crippen molar-refractivity contribution in [2.45, 2.75) is 19.4 Å². The highest BCUT2D eigenvalue weighted by atomic mass is 32.1. The minimum atomic E-state index is -0.193. The highest BCUT2D eigenvalue weighted by Gasteiger charge is 2.23. The van der Waals surface area contributed by atoms with Crippen LogP contribution in [0.1, 0.15) is 30.8 Å². The van der Waals surface area contributed by atoms with E-state index in [2.05, 4.69) is 31.8 Å². The largest absolute Gasteiger partial charge is 0.480 e. The molecule has 0 saturated heterocycles. The molecule has 0 aromatic carbocycles. The number of hydrogen-bond acceptors (Lipinski definition) is 8. The molecule has 0 bridgehead atoms. The number of nitrogens with zero attached hydrogens (tertiary/aromatic N) is 4. The predicted octanol–water partition coefficient (Wildman–Crippen LogP) is 1.43. The first-order valence-electron chi connectivity index (χ1n) is 6.25. The third kappa shape index (κ3) is 3.20. The third-order valence-corrected chi connectivity index (χ3v) is 3.21. The predicted molar refractivity (Wildman–Crippen MR) is 75.2 cm³/mol. The molecule has 0 saturated carbocycles. The molecule has 8 heteroatoms. The van der Waals surface area contributed by atoms with Gasteiger partial charge in [-0.3, -0.25) is 0 Å². The second-order valence-electron chi connectivity index (χ2n) is 4.02. The Bertz CT molecular complexity index is 535. The molecule has 0 fully saturated rings. The fourth-order valence-corrected chi connectivity index (χ4v) is 2.22. The zero-order valence-electron chi connectivity index (χ0n) is 11.7. The molecule has 1 atom stereocenters. The van der Waals surface area contributed by atoms with Gasteiger partial charge < -0.3 is 14.8 Å². The molecule has 1 N–H and O–H groups in total. The molecule has 0 aliphatic rings. The van der Waals surface area contributed by atoms with Gasteiger partial charge in [-0.2, -0.15) is 4.98 Å². The number of nitrogens with one attached hydrogen (secondary N) is 1. The van der Waals surface area contributed by atoms with Gasteiger partial charge in [-0.25, -0.2) is 4.98 Å². The van der Waals surface area contributed by atoms with Crippen LogP contribution in [0.15, 0.2) is 11.6 Å². The van der Waals surface area contributed by atoms with Crippen molar-refractivity contribution in [1.29, 1.82) is 0 Å². The van der Waals surface area contributed by atoms with Crippen LogP contribution in [0.5, 0.6) is 11.8 Å². The van der Waals surface area contributed by atoms with E-state index >= 15 is 0 Å². The molecule has 108 valence electrons. The Hall–Kier alpha value is -1.80. The van der Waals surface area contributed by atoms with Crippen molar-refractivity contribution in [2.24, 2.45) is 0 Å². The van der Waals surface area contributed by atoms with Gasteiger partial charge >= 0.3 is 0 Å². The van der Waals surface area contributed by atoms with E-state index < -0.39 is 0 Å².